The second-order valence-corrected chi connectivity index (χ2v) is 4.08. The number of nitrogens with zero attached hydrogens (tertiary/aromatic N) is 3. The minimum atomic E-state index is -0.970. The minimum absolute atomic E-state index is 0.139. The summed E-state index contributed by atoms with van der Waals surface area (Å²) >= 11 is 0. The van der Waals surface area contributed by atoms with Gasteiger partial charge in [-0.25, -0.2) is 14.3 Å². The summed E-state index contributed by atoms with van der Waals surface area (Å²) in [5, 5.41) is 13.2. The first-order valence-corrected chi connectivity index (χ1v) is 5.09. The van der Waals surface area contributed by atoms with E-state index in [0.29, 0.717) is 5.65 Å². The lowest BCUT2D eigenvalue weighted by atomic mass is 9.96. The molecule has 0 aliphatic rings. The molecule has 1 N–H and O–H groups in total. The Morgan fingerprint density at radius 1 is 1.50 bits per heavy atom. The van der Waals surface area contributed by atoms with Gasteiger partial charge in [-0.05, 0) is 30.0 Å². The van der Waals surface area contributed by atoms with Crippen LogP contribution in [-0.2, 0) is 0 Å². The molecule has 0 radical (unpaired) electrons. The van der Waals surface area contributed by atoms with Crippen molar-refractivity contribution in [3.05, 3.63) is 29.2 Å². The van der Waals surface area contributed by atoms with Gasteiger partial charge in [0.1, 0.15) is 6.33 Å². The van der Waals surface area contributed by atoms with Crippen LogP contribution < -0.4 is 0 Å². The molecule has 0 saturated carbocycles. The average Bonchev–Trinajstić information content (AvgIpc) is 2.61. The number of aryl methyl sites for hydroxylation is 1. The molecule has 2 heterocycles. The Hall–Kier alpha value is -1.91. The molecule has 0 unspecified atom stereocenters. The van der Waals surface area contributed by atoms with Gasteiger partial charge >= 0.3 is 5.97 Å². The maximum Gasteiger partial charge on any atom is 0.354 e. The third-order valence-corrected chi connectivity index (χ3v) is 2.59. The van der Waals surface area contributed by atoms with Crippen LogP contribution in [0.5, 0.6) is 0 Å². The molecular formula is C11H13N3O2. The summed E-state index contributed by atoms with van der Waals surface area (Å²) < 4.78 is 1.38. The van der Waals surface area contributed by atoms with E-state index in [4.69, 9.17) is 0 Å². The molecule has 2 aromatic heterocycles. The molecule has 0 saturated heterocycles. The Kier molecular flexibility index (Phi) is 2.38. The topological polar surface area (TPSA) is 67.5 Å². The highest BCUT2D eigenvalue weighted by molar-refractivity contribution is 5.89. The number of hydrogen-bond donors (Lipinski definition) is 1. The molecule has 2 rings (SSSR count). The average molecular weight is 219 g/mol. The standard InChI is InChI=1S/C11H13N3O2/c1-6(2)9-7(3)4-8-12-5-13-14(8)10(9)11(15)16/h4-6H,1-3H3,(H,15,16). The molecule has 16 heavy (non-hydrogen) atoms. The zero-order chi connectivity index (χ0) is 11.9. The summed E-state index contributed by atoms with van der Waals surface area (Å²) in [4.78, 5) is 15.3. The zero-order valence-electron chi connectivity index (χ0n) is 9.43. The fourth-order valence-electron chi connectivity index (χ4n) is 2.03. The summed E-state index contributed by atoms with van der Waals surface area (Å²) in [5.74, 6) is -0.831. The fourth-order valence-corrected chi connectivity index (χ4v) is 2.03. The molecular weight excluding hydrogens is 206 g/mol. The van der Waals surface area contributed by atoms with Crippen LogP contribution in [0.25, 0.3) is 5.65 Å². The Balaban J connectivity index is 2.90. The van der Waals surface area contributed by atoms with Gasteiger partial charge in [-0.1, -0.05) is 13.8 Å². The van der Waals surface area contributed by atoms with Gasteiger partial charge in [-0.15, -0.1) is 0 Å². The van der Waals surface area contributed by atoms with Crippen molar-refractivity contribution in [2.45, 2.75) is 26.7 Å². The lowest BCUT2D eigenvalue weighted by Gasteiger charge is -2.14. The summed E-state index contributed by atoms with van der Waals surface area (Å²) in [6.07, 6.45) is 1.37. The Morgan fingerprint density at radius 2 is 2.19 bits per heavy atom. The molecule has 0 fully saturated rings. The number of fused-ring (bicyclic) bond motifs is 1. The van der Waals surface area contributed by atoms with Crippen molar-refractivity contribution in [2.75, 3.05) is 0 Å². The second kappa shape index (κ2) is 3.59. The van der Waals surface area contributed by atoms with Crippen molar-refractivity contribution in [1.82, 2.24) is 14.6 Å². The van der Waals surface area contributed by atoms with Gasteiger partial charge in [0.15, 0.2) is 11.3 Å². The van der Waals surface area contributed by atoms with Crippen LogP contribution in [0.3, 0.4) is 0 Å². The van der Waals surface area contributed by atoms with E-state index in [1.165, 1.54) is 10.8 Å². The van der Waals surface area contributed by atoms with Crippen molar-refractivity contribution < 1.29 is 9.90 Å². The third kappa shape index (κ3) is 1.44. The predicted octanol–water partition coefficient (Wildman–Crippen LogP) is 1.86. The van der Waals surface area contributed by atoms with E-state index >= 15 is 0 Å². The summed E-state index contributed by atoms with van der Waals surface area (Å²) in [6.45, 7) is 5.84. The molecule has 0 bridgehead atoms. The van der Waals surface area contributed by atoms with Crippen LogP contribution in [0.15, 0.2) is 12.4 Å². The summed E-state index contributed by atoms with van der Waals surface area (Å²) in [7, 11) is 0. The third-order valence-electron chi connectivity index (χ3n) is 2.59. The molecule has 0 atom stereocenters. The molecule has 0 aliphatic heterocycles. The van der Waals surface area contributed by atoms with Crippen molar-refractivity contribution in [3.8, 4) is 0 Å². The minimum Gasteiger partial charge on any atom is -0.476 e. The maximum absolute atomic E-state index is 11.3. The fraction of sp³-hybridized carbons (Fsp3) is 0.364. The zero-order valence-corrected chi connectivity index (χ0v) is 9.43. The first kappa shape index (κ1) is 10.6. The molecule has 5 nitrogen and oxygen atoms in total. The van der Waals surface area contributed by atoms with Crippen LogP contribution >= 0.6 is 0 Å². The van der Waals surface area contributed by atoms with Crippen molar-refractivity contribution in [2.24, 2.45) is 0 Å². The van der Waals surface area contributed by atoms with Gasteiger partial charge in [0.25, 0.3) is 0 Å². The Labute approximate surface area is 92.7 Å². The highest BCUT2D eigenvalue weighted by atomic mass is 16.4. The number of carbonyl (C=O) groups is 1. The molecule has 84 valence electrons. The highest BCUT2D eigenvalue weighted by Gasteiger charge is 2.20. The first-order valence-electron chi connectivity index (χ1n) is 5.09. The quantitative estimate of drug-likeness (QED) is 0.837. The van der Waals surface area contributed by atoms with Crippen molar-refractivity contribution in [3.63, 3.8) is 0 Å². The number of pyridine rings is 1. The van der Waals surface area contributed by atoms with E-state index in [1.807, 2.05) is 26.8 Å². The Bertz CT molecular complexity index is 558. The van der Waals surface area contributed by atoms with Crippen molar-refractivity contribution in [1.29, 1.82) is 0 Å². The molecule has 0 aromatic carbocycles. The normalized spacial score (nSPS) is 11.2. The van der Waals surface area contributed by atoms with E-state index in [0.717, 1.165) is 11.1 Å². The van der Waals surface area contributed by atoms with Crippen LogP contribution in [0.4, 0.5) is 0 Å². The predicted molar refractivity (Wildman–Crippen MR) is 58.8 cm³/mol. The first-order chi connectivity index (χ1) is 7.52. The Morgan fingerprint density at radius 3 is 2.75 bits per heavy atom. The maximum atomic E-state index is 11.3. The van der Waals surface area contributed by atoms with Crippen LogP contribution in [-0.4, -0.2) is 25.7 Å². The number of aromatic carboxylic acids is 1. The summed E-state index contributed by atoms with van der Waals surface area (Å²) in [5.41, 5.74) is 2.53. The molecule has 0 spiro atoms. The SMILES string of the molecule is Cc1cc2ncnn2c(C(=O)O)c1C(C)C. The van der Waals surface area contributed by atoms with Crippen LogP contribution in [0.2, 0.25) is 0 Å². The number of rotatable bonds is 2. The number of hydrogen-bond acceptors (Lipinski definition) is 3. The second-order valence-electron chi connectivity index (χ2n) is 4.08. The van der Waals surface area contributed by atoms with Crippen LogP contribution in [0, 0.1) is 6.92 Å². The number of aromatic nitrogens is 3. The summed E-state index contributed by atoms with van der Waals surface area (Å²) in [6, 6.07) is 1.86. The van der Waals surface area contributed by atoms with E-state index in [9.17, 15) is 9.90 Å². The highest BCUT2D eigenvalue weighted by Crippen LogP contribution is 2.24. The van der Waals surface area contributed by atoms with Gasteiger partial charge in [-0.2, -0.15) is 5.10 Å². The van der Waals surface area contributed by atoms with Gasteiger partial charge in [0, 0.05) is 0 Å². The van der Waals surface area contributed by atoms with Gasteiger partial charge < -0.3 is 5.11 Å². The monoisotopic (exact) mass is 219 g/mol. The van der Waals surface area contributed by atoms with E-state index < -0.39 is 5.97 Å². The number of carboxylic acid groups (broad SMARTS) is 1. The molecule has 2 aromatic rings. The van der Waals surface area contributed by atoms with Crippen molar-refractivity contribution >= 4 is 11.6 Å². The van der Waals surface area contributed by atoms with Gasteiger partial charge in [0.2, 0.25) is 0 Å². The molecule has 5 heteroatoms. The number of carboxylic acids is 1. The van der Waals surface area contributed by atoms with E-state index in [1.54, 1.807) is 0 Å². The molecule has 0 aliphatic carbocycles. The smallest absolute Gasteiger partial charge is 0.354 e. The van der Waals surface area contributed by atoms with Gasteiger partial charge in [-0.3, -0.25) is 0 Å². The van der Waals surface area contributed by atoms with E-state index in [2.05, 4.69) is 10.1 Å². The lowest BCUT2D eigenvalue weighted by molar-refractivity contribution is 0.0685. The van der Waals surface area contributed by atoms with Gasteiger partial charge in [0.05, 0.1) is 0 Å². The van der Waals surface area contributed by atoms with Crippen LogP contribution in [0.1, 0.15) is 41.4 Å². The van der Waals surface area contributed by atoms with E-state index in [-0.39, 0.29) is 11.6 Å². The largest absolute Gasteiger partial charge is 0.476 e. The lowest BCUT2D eigenvalue weighted by Crippen LogP contribution is -2.13. The molecule has 0 amide bonds.